The summed E-state index contributed by atoms with van der Waals surface area (Å²) in [6, 6.07) is 15.7. The summed E-state index contributed by atoms with van der Waals surface area (Å²) in [6.45, 7) is 1.97. The quantitative estimate of drug-likeness (QED) is 0.591. The lowest BCUT2D eigenvalue weighted by Crippen LogP contribution is -1.91. The average Bonchev–Trinajstić information content (AvgIpc) is 3.00. The molecule has 21 heavy (non-hydrogen) atoms. The van der Waals surface area contributed by atoms with Crippen molar-refractivity contribution in [2.24, 2.45) is 0 Å². The smallest absolute Gasteiger partial charge is 0.141 e. The highest BCUT2D eigenvalue weighted by Gasteiger charge is 2.17. The third-order valence-corrected chi connectivity index (χ3v) is 5.20. The van der Waals surface area contributed by atoms with Crippen molar-refractivity contribution >= 4 is 34.5 Å². The lowest BCUT2D eigenvalue weighted by molar-refractivity contribution is 0.988. The molecule has 2 aromatic carbocycles. The van der Waals surface area contributed by atoms with Gasteiger partial charge in [0, 0.05) is 10.6 Å². The summed E-state index contributed by atoms with van der Waals surface area (Å²) >= 11 is 14.0. The second-order valence-corrected chi connectivity index (χ2v) is 6.54. The van der Waals surface area contributed by atoms with E-state index in [0.29, 0.717) is 0 Å². The van der Waals surface area contributed by atoms with Crippen LogP contribution in [0.1, 0.15) is 21.5 Å². The Morgan fingerprint density at radius 2 is 1.81 bits per heavy atom. The molecule has 1 unspecified atom stereocenters. The molecule has 0 aliphatic carbocycles. The Morgan fingerprint density at radius 1 is 1.05 bits per heavy atom. The minimum Gasteiger partial charge on any atom is -0.141 e. The molecule has 0 fully saturated rings. The van der Waals surface area contributed by atoms with Gasteiger partial charge >= 0.3 is 0 Å². The van der Waals surface area contributed by atoms with Gasteiger partial charge in [0.15, 0.2) is 0 Å². The Balaban J connectivity index is 1.91. The van der Waals surface area contributed by atoms with Crippen LogP contribution >= 0.6 is 34.5 Å². The van der Waals surface area contributed by atoms with E-state index >= 15 is 0 Å². The zero-order valence-electron chi connectivity index (χ0n) is 11.3. The van der Waals surface area contributed by atoms with E-state index in [1.165, 1.54) is 11.3 Å². The number of hydrogen-bond donors (Lipinski definition) is 0. The van der Waals surface area contributed by atoms with E-state index < -0.39 is 0 Å². The molecule has 0 amide bonds. The fourth-order valence-electron chi connectivity index (χ4n) is 2.00. The maximum absolute atomic E-state index is 6.48. The van der Waals surface area contributed by atoms with E-state index in [2.05, 4.69) is 10.2 Å². The van der Waals surface area contributed by atoms with Crippen LogP contribution in [0.3, 0.4) is 0 Å². The van der Waals surface area contributed by atoms with Crippen LogP contribution in [0.15, 0.2) is 48.5 Å². The minimum atomic E-state index is -0.272. The summed E-state index contributed by atoms with van der Waals surface area (Å²) in [5, 5.41) is 10.6. The van der Waals surface area contributed by atoms with Crippen molar-refractivity contribution in [3.8, 4) is 10.6 Å². The van der Waals surface area contributed by atoms with Crippen LogP contribution in [0.5, 0.6) is 0 Å². The highest BCUT2D eigenvalue weighted by atomic mass is 35.5. The van der Waals surface area contributed by atoms with Crippen LogP contribution < -0.4 is 0 Å². The number of rotatable bonds is 3. The van der Waals surface area contributed by atoms with Crippen LogP contribution in [0.2, 0.25) is 5.02 Å². The molecule has 2 nitrogen and oxygen atoms in total. The molecule has 5 heteroatoms. The standard InChI is InChI=1S/C16H12Cl2N2S/c1-10-9-12(7-8-13(10)17)15-19-20-16(21-15)14(18)11-5-3-2-4-6-11/h2-9,14H,1H3. The Bertz CT molecular complexity index is 756. The highest BCUT2D eigenvalue weighted by molar-refractivity contribution is 7.15. The summed E-state index contributed by atoms with van der Waals surface area (Å²) in [5.41, 5.74) is 3.06. The highest BCUT2D eigenvalue weighted by Crippen LogP contribution is 2.34. The normalized spacial score (nSPS) is 12.3. The van der Waals surface area contributed by atoms with E-state index in [9.17, 15) is 0 Å². The molecular formula is C16H12Cl2N2S. The largest absolute Gasteiger partial charge is 0.147 e. The predicted molar refractivity (Wildman–Crippen MR) is 89.2 cm³/mol. The van der Waals surface area contributed by atoms with Gasteiger partial charge in [-0.15, -0.1) is 21.8 Å². The van der Waals surface area contributed by atoms with Gasteiger partial charge in [0.1, 0.15) is 15.4 Å². The predicted octanol–water partition coefficient (Wildman–Crippen LogP) is 5.50. The second-order valence-electron chi connectivity index (χ2n) is 4.68. The van der Waals surface area contributed by atoms with E-state index in [4.69, 9.17) is 23.2 Å². The fourth-order valence-corrected chi connectivity index (χ4v) is 3.28. The Hall–Kier alpha value is -1.42. The first-order valence-corrected chi connectivity index (χ1v) is 8.07. The molecule has 106 valence electrons. The molecule has 1 atom stereocenters. The Labute approximate surface area is 137 Å². The SMILES string of the molecule is Cc1cc(-c2nnc(C(Cl)c3ccccc3)s2)ccc1Cl. The van der Waals surface area contributed by atoms with Crippen molar-refractivity contribution in [1.82, 2.24) is 10.2 Å². The van der Waals surface area contributed by atoms with Crippen LogP contribution in [0.25, 0.3) is 10.6 Å². The first-order chi connectivity index (χ1) is 10.1. The number of hydrogen-bond acceptors (Lipinski definition) is 3. The van der Waals surface area contributed by atoms with E-state index in [-0.39, 0.29) is 5.38 Å². The summed E-state index contributed by atoms with van der Waals surface area (Å²) in [6.07, 6.45) is 0. The maximum Gasteiger partial charge on any atom is 0.147 e. The second kappa shape index (κ2) is 6.14. The molecule has 3 aromatic rings. The molecule has 0 saturated carbocycles. The Kier molecular flexibility index (Phi) is 4.24. The van der Waals surface area contributed by atoms with Crippen molar-refractivity contribution in [3.63, 3.8) is 0 Å². The molecular weight excluding hydrogens is 323 g/mol. The van der Waals surface area contributed by atoms with Gasteiger partial charge in [0.2, 0.25) is 0 Å². The van der Waals surface area contributed by atoms with Crippen LogP contribution in [0.4, 0.5) is 0 Å². The molecule has 0 radical (unpaired) electrons. The van der Waals surface area contributed by atoms with E-state index in [1.807, 2.05) is 55.5 Å². The van der Waals surface area contributed by atoms with Crippen LogP contribution in [-0.2, 0) is 0 Å². The van der Waals surface area contributed by atoms with Gasteiger partial charge < -0.3 is 0 Å². The van der Waals surface area contributed by atoms with Crippen LogP contribution in [-0.4, -0.2) is 10.2 Å². The van der Waals surface area contributed by atoms with Gasteiger partial charge in [-0.25, -0.2) is 0 Å². The number of alkyl halides is 1. The Morgan fingerprint density at radius 3 is 2.52 bits per heavy atom. The van der Waals surface area contributed by atoms with Crippen molar-refractivity contribution in [3.05, 3.63) is 69.7 Å². The van der Waals surface area contributed by atoms with Crippen molar-refractivity contribution < 1.29 is 0 Å². The number of aryl methyl sites for hydroxylation is 1. The monoisotopic (exact) mass is 334 g/mol. The summed E-state index contributed by atoms with van der Waals surface area (Å²) in [4.78, 5) is 0. The lowest BCUT2D eigenvalue weighted by atomic mass is 10.1. The van der Waals surface area contributed by atoms with Crippen molar-refractivity contribution in [2.75, 3.05) is 0 Å². The molecule has 0 saturated heterocycles. The zero-order valence-corrected chi connectivity index (χ0v) is 13.6. The summed E-state index contributed by atoms with van der Waals surface area (Å²) < 4.78 is 0. The number of aromatic nitrogens is 2. The lowest BCUT2D eigenvalue weighted by Gasteiger charge is -2.04. The molecule has 1 aromatic heterocycles. The van der Waals surface area contributed by atoms with Gasteiger partial charge in [-0.3, -0.25) is 0 Å². The fraction of sp³-hybridized carbons (Fsp3) is 0.125. The molecule has 0 N–H and O–H groups in total. The van der Waals surface area contributed by atoms with E-state index in [0.717, 1.165) is 31.7 Å². The van der Waals surface area contributed by atoms with Crippen molar-refractivity contribution in [1.29, 1.82) is 0 Å². The summed E-state index contributed by atoms with van der Waals surface area (Å²) in [5.74, 6) is 0. The topological polar surface area (TPSA) is 25.8 Å². The number of benzene rings is 2. The zero-order chi connectivity index (χ0) is 14.8. The molecule has 0 spiro atoms. The first-order valence-electron chi connectivity index (χ1n) is 6.44. The van der Waals surface area contributed by atoms with E-state index in [1.54, 1.807) is 0 Å². The van der Waals surface area contributed by atoms with Gasteiger partial charge in [-0.05, 0) is 30.2 Å². The van der Waals surface area contributed by atoms with Crippen LogP contribution in [0, 0.1) is 6.92 Å². The van der Waals surface area contributed by atoms with Gasteiger partial charge in [-0.1, -0.05) is 59.3 Å². The third kappa shape index (κ3) is 3.10. The summed E-state index contributed by atoms with van der Waals surface area (Å²) in [7, 11) is 0. The minimum absolute atomic E-state index is 0.272. The van der Waals surface area contributed by atoms with Gasteiger partial charge in [0.05, 0.1) is 0 Å². The van der Waals surface area contributed by atoms with Gasteiger partial charge in [-0.2, -0.15) is 0 Å². The maximum atomic E-state index is 6.48. The third-order valence-electron chi connectivity index (χ3n) is 3.15. The van der Waals surface area contributed by atoms with Crippen molar-refractivity contribution in [2.45, 2.75) is 12.3 Å². The molecule has 0 aliphatic heterocycles. The molecule has 0 bridgehead atoms. The average molecular weight is 335 g/mol. The molecule has 0 aliphatic rings. The number of nitrogens with zero attached hydrogens (tertiary/aromatic N) is 2. The molecule has 1 heterocycles. The van der Waals surface area contributed by atoms with Gasteiger partial charge in [0.25, 0.3) is 0 Å². The number of halogens is 2. The first kappa shape index (κ1) is 14.5. The molecule has 3 rings (SSSR count).